The van der Waals surface area contributed by atoms with E-state index < -0.39 is 18.1 Å². The van der Waals surface area contributed by atoms with Gasteiger partial charge in [0.2, 0.25) is 11.7 Å². The lowest BCUT2D eigenvalue weighted by Crippen LogP contribution is -2.61. The molecule has 17 heteroatoms. The molecular weight excluding hydrogens is 853 g/mol. The Morgan fingerprint density at radius 2 is 1.60 bits per heavy atom. The predicted molar refractivity (Wildman–Crippen MR) is 250 cm³/mol. The van der Waals surface area contributed by atoms with Crippen LogP contribution in [0.4, 0.5) is 0 Å². The molecule has 1 fully saturated rings. The highest BCUT2D eigenvalue weighted by molar-refractivity contribution is 6.31. The quantitative estimate of drug-likeness (QED) is 0.0985. The maximum absolute atomic E-state index is 13.7. The summed E-state index contributed by atoms with van der Waals surface area (Å²) in [5.74, 6) is 3.40. The molecule has 2 bridgehead atoms. The summed E-state index contributed by atoms with van der Waals surface area (Å²) < 4.78 is 29.4. The molecule has 67 heavy (non-hydrogen) atoms. The van der Waals surface area contributed by atoms with Gasteiger partial charge in [-0.3, -0.25) is 19.3 Å². The third-order valence-corrected chi connectivity index (χ3v) is 13.2. The van der Waals surface area contributed by atoms with Crippen LogP contribution in [0.2, 0.25) is 0 Å². The van der Waals surface area contributed by atoms with Crippen LogP contribution < -0.4 is 25.4 Å². The molecule has 8 aromatic rings. The second-order valence-electron chi connectivity index (χ2n) is 17.1. The summed E-state index contributed by atoms with van der Waals surface area (Å²) >= 11 is 0. The minimum Gasteiger partial charge on any atom is -0.484 e. The SMILES string of the molecule is C#CCOc1ccc(-c2nnn(-c3ccc(OCC(=O)NCCNC(=O)CN(C)[C@@H]4C[C@H]5O[C@@](C)([C@@H]4OC)n4c6ccccc6c6c7c(c8c9ccccc9n5c8c64)C(=O)NC7)cc3)n2)cc1. The van der Waals surface area contributed by atoms with Crippen molar-refractivity contribution in [1.29, 1.82) is 0 Å². The van der Waals surface area contributed by atoms with Gasteiger partial charge in [0, 0.05) is 66.3 Å². The molecule has 0 unspecified atom stereocenters. The van der Waals surface area contributed by atoms with Gasteiger partial charge in [0.15, 0.2) is 12.3 Å². The lowest BCUT2D eigenvalue weighted by atomic mass is 9.91. The number of likely N-dealkylation sites (N-methyl/N-ethyl adjacent to an activating group) is 1. The van der Waals surface area contributed by atoms with Crippen molar-refractivity contribution in [3.63, 3.8) is 0 Å². The van der Waals surface area contributed by atoms with Gasteiger partial charge in [0.25, 0.3) is 11.8 Å². The number of para-hydroxylation sites is 2. The molecule has 5 aromatic carbocycles. The van der Waals surface area contributed by atoms with Gasteiger partial charge < -0.3 is 44.0 Å². The maximum Gasteiger partial charge on any atom is 0.258 e. The zero-order valence-corrected chi connectivity index (χ0v) is 37.0. The number of rotatable bonds is 14. The van der Waals surface area contributed by atoms with Crippen molar-refractivity contribution in [2.45, 2.75) is 44.0 Å². The van der Waals surface area contributed by atoms with Crippen LogP contribution in [0.15, 0.2) is 97.1 Å². The average Bonchev–Trinajstić information content (AvgIpc) is 4.13. The first-order valence-corrected chi connectivity index (χ1v) is 22.1. The molecule has 3 aliphatic rings. The second-order valence-corrected chi connectivity index (χ2v) is 17.1. The van der Waals surface area contributed by atoms with E-state index in [-0.39, 0.29) is 56.6 Å². The van der Waals surface area contributed by atoms with Crippen molar-refractivity contribution < 1.29 is 33.3 Å². The van der Waals surface area contributed by atoms with Crippen LogP contribution in [-0.4, -0.2) is 111 Å². The molecule has 17 nitrogen and oxygen atoms in total. The number of amides is 3. The van der Waals surface area contributed by atoms with Crippen molar-refractivity contribution in [1.82, 2.24) is 50.2 Å². The van der Waals surface area contributed by atoms with Crippen LogP contribution in [0.5, 0.6) is 11.5 Å². The Morgan fingerprint density at radius 1 is 0.910 bits per heavy atom. The molecule has 3 amide bonds. The van der Waals surface area contributed by atoms with E-state index in [0.717, 1.165) is 60.3 Å². The Balaban J connectivity index is 0.737. The third kappa shape index (κ3) is 6.91. The maximum atomic E-state index is 13.7. The van der Waals surface area contributed by atoms with Crippen LogP contribution in [-0.2, 0) is 31.3 Å². The summed E-state index contributed by atoms with van der Waals surface area (Å²) in [4.78, 5) is 43.4. The lowest BCUT2D eigenvalue weighted by molar-refractivity contribution is -0.267. The average molecular weight is 899 g/mol. The summed E-state index contributed by atoms with van der Waals surface area (Å²) in [6, 6.07) is 30.4. The third-order valence-electron chi connectivity index (χ3n) is 13.2. The number of carbonyl (C=O) groups is 3. The summed E-state index contributed by atoms with van der Waals surface area (Å²) in [6.07, 6.45) is 4.81. The van der Waals surface area contributed by atoms with E-state index in [2.05, 4.69) is 77.6 Å². The van der Waals surface area contributed by atoms with Gasteiger partial charge in [0.1, 0.15) is 30.4 Å². The van der Waals surface area contributed by atoms with E-state index >= 15 is 0 Å². The fourth-order valence-electron chi connectivity index (χ4n) is 10.4. The molecule has 0 saturated carbocycles. The number of nitrogens with zero attached hydrogens (tertiary/aromatic N) is 7. The van der Waals surface area contributed by atoms with Crippen molar-refractivity contribution in [2.75, 3.05) is 47.0 Å². The minimum absolute atomic E-state index is 0.0740. The minimum atomic E-state index is -1.02. The fourth-order valence-corrected chi connectivity index (χ4v) is 10.4. The van der Waals surface area contributed by atoms with Crippen LogP contribution in [0.3, 0.4) is 0 Å². The number of carbonyl (C=O) groups excluding carboxylic acids is 3. The molecular formula is C50H46N10O7. The first-order chi connectivity index (χ1) is 32.7. The number of terminal acetylenes is 1. The highest BCUT2D eigenvalue weighted by atomic mass is 16.6. The number of fused-ring (bicyclic) bond motifs is 13. The molecule has 0 spiro atoms. The van der Waals surface area contributed by atoms with Gasteiger partial charge in [0.05, 0.1) is 39.9 Å². The predicted octanol–water partition coefficient (Wildman–Crippen LogP) is 5.03. The van der Waals surface area contributed by atoms with Crippen LogP contribution in [0, 0.1) is 12.3 Å². The number of aromatic nitrogens is 6. The molecule has 6 heterocycles. The standard InChI is InChI=1S/C50H46N10O7/c1-5-24-65-31-18-14-29(15-19-31)48-54-56-60(55-48)30-16-20-32(21-17-30)66-28-40(62)52-23-22-51-39(61)27-57(3)38-25-41-58-36-12-8-6-10-33(36)43-44-35(26-53-49(44)63)42-34-11-7-9-13-37(34)59(46(42)45(43)58)50(2,67-41)47(38)64-4/h1,6-21,38,41,47H,22-28H2,2-4H3,(H,51,61)(H,52,62)(H,53,63)/t38-,41-,47-,50+/m1/s1. The number of hydrogen-bond acceptors (Lipinski definition) is 11. The summed E-state index contributed by atoms with van der Waals surface area (Å²) in [7, 11) is 3.63. The monoisotopic (exact) mass is 898 g/mol. The smallest absolute Gasteiger partial charge is 0.258 e. The summed E-state index contributed by atoms with van der Waals surface area (Å²) in [6.45, 7) is 2.99. The topological polar surface area (TPSA) is 181 Å². The normalized spacial score (nSPS) is 19.4. The highest BCUT2D eigenvalue weighted by Crippen LogP contribution is 2.54. The molecule has 0 aliphatic carbocycles. The Bertz CT molecular complexity index is 3320. The van der Waals surface area contributed by atoms with Crippen LogP contribution in [0.1, 0.15) is 35.5 Å². The van der Waals surface area contributed by atoms with Gasteiger partial charge in [-0.25, -0.2) is 0 Å². The zero-order valence-electron chi connectivity index (χ0n) is 37.0. The van der Waals surface area contributed by atoms with E-state index in [9.17, 15) is 14.4 Å². The molecule has 11 rings (SSSR count). The van der Waals surface area contributed by atoms with E-state index in [1.165, 1.54) is 4.80 Å². The number of benzene rings is 5. The van der Waals surface area contributed by atoms with Crippen molar-refractivity contribution in [2.24, 2.45) is 0 Å². The molecule has 0 radical (unpaired) electrons. The van der Waals surface area contributed by atoms with Gasteiger partial charge in [-0.2, -0.15) is 0 Å². The number of tetrazole rings is 1. The Morgan fingerprint density at radius 3 is 2.34 bits per heavy atom. The summed E-state index contributed by atoms with van der Waals surface area (Å²) in [5.41, 5.74) is 6.02. The summed E-state index contributed by atoms with van der Waals surface area (Å²) in [5, 5.41) is 25.7. The number of hydrogen-bond donors (Lipinski definition) is 3. The van der Waals surface area contributed by atoms with Gasteiger partial charge in [-0.05, 0) is 85.4 Å². The molecule has 3 N–H and O–H groups in total. The van der Waals surface area contributed by atoms with E-state index in [1.54, 1.807) is 43.5 Å². The van der Waals surface area contributed by atoms with Crippen molar-refractivity contribution in [3.05, 3.63) is 108 Å². The van der Waals surface area contributed by atoms with Gasteiger partial charge in [-0.1, -0.05) is 42.3 Å². The van der Waals surface area contributed by atoms with Crippen LogP contribution >= 0.6 is 0 Å². The molecule has 1 saturated heterocycles. The van der Waals surface area contributed by atoms with E-state index in [1.807, 2.05) is 48.3 Å². The molecule has 338 valence electrons. The highest BCUT2D eigenvalue weighted by Gasteiger charge is 2.54. The Kier molecular flexibility index (Phi) is 10.4. The molecule has 4 atom stereocenters. The van der Waals surface area contributed by atoms with Crippen molar-refractivity contribution >= 4 is 61.3 Å². The first kappa shape index (κ1) is 41.9. The largest absolute Gasteiger partial charge is 0.484 e. The zero-order chi connectivity index (χ0) is 46.0. The van der Waals surface area contributed by atoms with Gasteiger partial charge in [-0.15, -0.1) is 21.4 Å². The molecule has 3 aromatic heterocycles. The first-order valence-electron chi connectivity index (χ1n) is 22.1. The number of nitrogens with one attached hydrogen (secondary N) is 3. The van der Waals surface area contributed by atoms with Crippen molar-refractivity contribution in [3.8, 4) is 40.9 Å². The number of ether oxygens (including phenoxy) is 4. The van der Waals surface area contributed by atoms with E-state index in [4.69, 9.17) is 25.4 Å². The fraction of sp³-hybridized carbons (Fsp3) is 0.280. The Labute approximate surface area is 383 Å². The molecule has 3 aliphatic heterocycles. The Hall–Kier alpha value is -7.78. The second kappa shape index (κ2) is 16.6. The van der Waals surface area contributed by atoms with Gasteiger partial charge >= 0.3 is 0 Å². The van der Waals surface area contributed by atoms with E-state index in [0.29, 0.717) is 36.0 Å². The number of methoxy groups -OCH3 is 1. The lowest BCUT2D eigenvalue weighted by Gasteiger charge is -2.50. The van der Waals surface area contributed by atoms with Crippen LogP contribution in [0.25, 0.3) is 60.7 Å².